The third-order valence-corrected chi connectivity index (χ3v) is 5.30. The molecule has 1 amide bonds. The predicted octanol–water partition coefficient (Wildman–Crippen LogP) is 4.46. The maximum absolute atomic E-state index is 11.1. The summed E-state index contributed by atoms with van der Waals surface area (Å²) in [5.74, 6) is 1.25. The van der Waals surface area contributed by atoms with Crippen LogP contribution < -0.4 is 5.32 Å². The molecule has 1 aliphatic heterocycles. The fraction of sp³-hybridized carbons (Fsp3) is 0.810. The van der Waals surface area contributed by atoms with Crippen molar-refractivity contribution in [1.29, 1.82) is 0 Å². The van der Waals surface area contributed by atoms with Crippen LogP contribution in [0.25, 0.3) is 0 Å². The molecule has 1 N–H and O–H groups in total. The predicted molar refractivity (Wildman–Crippen MR) is 108 cm³/mol. The first-order valence-electron chi connectivity index (χ1n) is 10.5. The van der Waals surface area contributed by atoms with E-state index in [4.69, 9.17) is 4.99 Å². The minimum atomic E-state index is 0.0529. The van der Waals surface area contributed by atoms with Crippen LogP contribution in [0.15, 0.2) is 17.1 Å². The third-order valence-electron chi connectivity index (χ3n) is 5.30. The number of amides is 1. The van der Waals surface area contributed by atoms with Gasteiger partial charge in [-0.15, -0.1) is 0 Å². The Bertz CT molecular complexity index is 431. The van der Waals surface area contributed by atoms with E-state index in [9.17, 15) is 4.79 Å². The number of allylic oxidation sites excluding steroid dienone is 1. The maximum Gasteiger partial charge on any atom is 0.222 e. The molecule has 4 heteroatoms. The number of nitrogens with one attached hydrogen (secondary N) is 1. The lowest BCUT2D eigenvalue weighted by atomic mass is 10.1. The summed E-state index contributed by atoms with van der Waals surface area (Å²) >= 11 is 0. The number of rotatable bonds is 14. The van der Waals surface area contributed by atoms with Crippen molar-refractivity contribution in [2.75, 3.05) is 32.7 Å². The van der Waals surface area contributed by atoms with E-state index in [0.29, 0.717) is 0 Å². The van der Waals surface area contributed by atoms with E-state index in [0.717, 1.165) is 43.6 Å². The Morgan fingerprint density at radius 1 is 1.12 bits per heavy atom. The van der Waals surface area contributed by atoms with E-state index in [-0.39, 0.29) is 5.91 Å². The molecule has 0 aliphatic carbocycles. The second-order valence-corrected chi connectivity index (χ2v) is 7.30. The Balaban J connectivity index is 2.24. The first kappa shape index (κ1) is 21.9. The lowest BCUT2D eigenvalue weighted by Gasteiger charge is -2.32. The molecule has 1 aliphatic rings. The average molecular weight is 351 g/mol. The number of hydrogen-bond donors (Lipinski definition) is 1. The molecule has 0 aromatic rings. The van der Waals surface area contributed by atoms with Crippen molar-refractivity contribution in [3.8, 4) is 0 Å². The van der Waals surface area contributed by atoms with Crippen molar-refractivity contribution >= 4 is 11.7 Å². The summed E-state index contributed by atoms with van der Waals surface area (Å²) in [6, 6.07) is 0. The number of quaternary nitrogens is 1. The van der Waals surface area contributed by atoms with Crippen LogP contribution in [0, 0.1) is 0 Å². The van der Waals surface area contributed by atoms with E-state index in [1.54, 1.807) is 6.92 Å². The van der Waals surface area contributed by atoms with Crippen LogP contribution in [-0.4, -0.2) is 48.9 Å². The fourth-order valence-electron chi connectivity index (χ4n) is 3.57. The van der Waals surface area contributed by atoms with E-state index >= 15 is 0 Å². The van der Waals surface area contributed by atoms with Crippen LogP contribution in [0.1, 0.15) is 78.6 Å². The average Bonchev–Trinajstić information content (AvgIpc) is 2.99. The van der Waals surface area contributed by atoms with Gasteiger partial charge >= 0.3 is 0 Å². The molecule has 0 fully saturated rings. The van der Waals surface area contributed by atoms with Crippen molar-refractivity contribution < 1.29 is 9.28 Å². The van der Waals surface area contributed by atoms with E-state index < -0.39 is 0 Å². The number of aliphatic imine (C=N–C) groups is 1. The number of hydrogen-bond acceptors (Lipinski definition) is 2. The number of amidine groups is 1. The van der Waals surface area contributed by atoms with Crippen molar-refractivity contribution in [3.05, 3.63) is 12.2 Å². The van der Waals surface area contributed by atoms with Gasteiger partial charge in [-0.3, -0.25) is 9.28 Å². The molecular formula is C21H40N3O+. The van der Waals surface area contributed by atoms with Gasteiger partial charge in [-0.25, -0.2) is 4.99 Å². The van der Waals surface area contributed by atoms with Crippen LogP contribution in [0.3, 0.4) is 0 Å². The molecule has 1 heterocycles. The second kappa shape index (κ2) is 13.1. The summed E-state index contributed by atoms with van der Waals surface area (Å²) in [7, 11) is 0. The molecule has 1 unspecified atom stereocenters. The van der Waals surface area contributed by atoms with Gasteiger partial charge in [0.15, 0.2) is 0 Å². The molecule has 0 radical (unpaired) electrons. The van der Waals surface area contributed by atoms with Crippen LogP contribution in [0.5, 0.6) is 0 Å². The summed E-state index contributed by atoms with van der Waals surface area (Å²) in [4.78, 5) is 15.8. The first-order chi connectivity index (χ1) is 12.1. The van der Waals surface area contributed by atoms with Gasteiger partial charge in [0.05, 0.1) is 19.6 Å². The topological polar surface area (TPSA) is 41.5 Å². The monoisotopic (exact) mass is 350 g/mol. The van der Waals surface area contributed by atoms with Crippen molar-refractivity contribution in [1.82, 2.24) is 5.32 Å². The van der Waals surface area contributed by atoms with Gasteiger partial charge in [0.2, 0.25) is 11.7 Å². The zero-order chi connectivity index (χ0) is 18.4. The smallest absolute Gasteiger partial charge is 0.222 e. The zero-order valence-corrected chi connectivity index (χ0v) is 16.9. The van der Waals surface area contributed by atoms with Crippen molar-refractivity contribution in [2.45, 2.75) is 78.6 Å². The summed E-state index contributed by atoms with van der Waals surface area (Å²) in [5.41, 5.74) is 0. The van der Waals surface area contributed by atoms with Gasteiger partial charge in [0, 0.05) is 13.0 Å². The standard InChI is InChI=1S/C21H39N3O/c1-4-6-7-8-9-10-11-12-13-14-15-21-23-17-19-24(21,5-2)18-16-22-20(3)25/h14-15H,4-13,16-19H2,1-3H3/p+1/b15-14+. The highest BCUT2D eigenvalue weighted by molar-refractivity contribution is 5.88. The Hall–Kier alpha value is -1.16. The molecule has 144 valence electrons. The van der Waals surface area contributed by atoms with Gasteiger partial charge in [0.1, 0.15) is 13.1 Å². The largest absolute Gasteiger partial charge is 0.351 e. The normalized spacial score (nSPS) is 20.2. The Morgan fingerprint density at radius 3 is 2.44 bits per heavy atom. The first-order valence-corrected chi connectivity index (χ1v) is 10.5. The van der Waals surface area contributed by atoms with Gasteiger partial charge in [0.25, 0.3) is 0 Å². The molecule has 1 rings (SSSR count). The zero-order valence-electron chi connectivity index (χ0n) is 16.9. The van der Waals surface area contributed by atoms with Crippen LogP contribution >= 0.6 is 0 Å². The summed E-state index contributed by atoms with van der Waals surface area (Å²) in [6.07, 6.45) is 16.7. The number of likely N-dealkylation sites (N-methyl/N-ethyl adjacent to an activating group) is 1. The molecule has 1 atom stereocenters. The van der Waals surface area contributed by atoms with Crippen LogP contribution in [-0.2, 0) is 4.79 Å². The molecule has 0 aromatic carbocycles. The fourth-order valence-corrected chi connectivity index (χ4v) is 3.57. The minimum absolute atomic E-state index is 0.0529. The Morgan fingerprint density at radius 2 is 1.80 bits per heavy atom. The van der Waals surface area contributed by atoms with E-state index in [1.165, 1.54) is 57.2 Å². The van der Waals surface area contributed by atoms with Crippen molar-refractivity contribution in [3.63, 3.8) is 0 Å². The summed E-state index contributed by atoms with van der Waals surface area (Å²) in [6.45, 7) is 10.8. The quantitative estimate of drug-likeness (QED) is 0.365. The second-order valence-electron chi connectivity index (χ2n) is 7.30. The van der Waals surface area contributed by atoms with Gasteiger partial charge < -0.3 is 5.32 Å². The van der Waals surface area contributed by atoms with Gasteiger partial charge in [-0.2, -0.15) is 0 Å². The van der Waals surface area contributed by atoms with E-state index in [1.807, 2.05) is 0 Å². The summed E-state index contributed by atoms with van der Waals surface area (Å²) < 4.78 is 0.911. The molecular weight excluding hydrogens is 310 g/mol. The number of carbonyl (C=O) groups is 1. The lowest BCUT2D eigenvalue weighted by Crippen LogP contribution is -2.53. The molecule has 0 spiro atoms. The minimum Gasteiger partial charge on any atom is -0.351 e. The van der Waals surface area contributed by atoms with E-state index in [2.05, 4.69) is 31.3 Å². The molecule has 0 saturated carbocycles. The summed E-state index contributed by atoms with van der Waals surface area (Å²) in [5, 5.41) is 2.93. The highest BCUT2D eigenvalue weighted by Crippen LogP contribution is 2.16. The number of unbranched alkanes of at least 4 members (excludes halogenated alkanes) is 8. The maximum atomic E-state index is 11.1. The molecule has 4 nitrogen and oxygen atoms in total. The van der Waals surface area contributed by atoms with Gasteiger partial charge in [-0.05, 0) is 19.8 Å². The number of nitrogens with zero attached hydrogens (tertiary/aromatic N) is 2. The Labute approximate surface area is 155 Å². The van der Waals surface area contributed by atoms with Crippen LogP contribution in [0.2, 0.25) is 0 Å². The van der Waals surface area contributed by atoms with Gasteiger partial charge in [-0.1, -0.05) is 57.9 Å². The van der Waals surface area contributed by atoms with Crippen LogP contribution in [0.4, 0.5) is 0 Å². The number of carbonyl (C=O) groups excluding carboxylic acids is 1. The van der Waals surface area contributed by atoms with Crippen molar-refractivity contribution in [2.24, 2.45) is 4.99 Å². The SMILES string of the molecule is CCCCCCCCCC/C=C/C1=NCC[N+]1(CC)CCNC(C)=O. The molecule has 0 saturated heterocycles. The highest BCUT2D eigenvalue weighted by atomic mass is 16.1. The molecule has 0 bridgehead atoms. The molecule has 25 heavy (non-hydrogen) atoms. The lowest BCUT2D eigenvalue weighted by molar-refractivity contribution is -0.830. The third kappa shape index (κ3) is 8.66. The molecule has 0 aromatic heterocycles. The Kier molecular flexibility index (Phi) is 11.5. The highest BCUT2D eigenvalue weighted by Gasteiger charge is 2.34.